The lowest BCUT2D eigenvalue weighted by Gasteiger charge is -2.17. The maximum Gasteiger partial charge on any atom is 0.143 e. The van der Waals surface area contributed by atoms with E-state index in [0.717, 1.165) is 38.6 Å². The fourth-order valence-electron chi connectivity index (χ4n) is 7.05. The molecule has 0 radical (unpaired) electrons. The Morgan fingerprint density at radius 1 is 0.244 bits per heavy atom. The fourth-order valence-corrected chi connectivity index (χ4v) is 7.05. The van der Waals surface area contributed by atoms with Gasteiger partial charge in [0.15, 0.2) is 0 Å². The van der Waals surface area contributed by atoms with Gasteiger partial charge in [-0.2, -0.15) is 0 Å². The van der Waals surface area contributed by atoms with E-state index < -0.39 is 0 Å². The lowest BCUT2D eigenvalue weighted by Crippen LogP contribution is -1.90. The van der Waals surface area contributed by atoms with Crippen LogP contribution in [0.5, 0.6) is 0 Å². The van der Waals surface area contributed by atoms with Crippen LogP contribution in [0.2, 0.25) is 0 Å². The monoisotopic (exact) mass is 572 g/mol. The summed E-state index contributed by atoms with van der Waals surface area (Å²) >= 11 is 0. The molecular weight excluding hydrogens is 544 g/mol. The Bertz CT molecular complexity index is 2450. The first-order valence-corrected chi connectivity index (χ1v) is 15.4. The molecule has 1 heterocycles. The van der Waals surface area contributed by atoms with Crippen LogP contribution in [0.25, 0.3) is 88.0 Å². The molecule has 1 heteroatoms. The lowest BCUT2D eigenvalue weighted by atomic mass is 9.85. The predicted molar refractivity (Wildman–Crippen MR) is 190 cm³/mol. The average Bonchev–Trinajstić information content (AvgIpc) is 3.51. The van der Waals surface area contributed by atoms with Crippen LogP contribution < -0.4 is 0 Å². The Morgan fingerprint density at radius 2 is 0.644 bits per heavy atom. The van der Waals surface area contributed by atoms with Crippen molar-refractivity contribution in [1.29, 1.82) is 0 Å². The van der Waals surface area contributed by atoms with Crippen LogP contribution in [0.3, 0.4) is 0 Å². The normalized spacial score (nSPS) is 11.6. The molecule has 0 aliphatic heterocycles. The second-order valence-corrected chi connectivity index (χ2v) is 11.6. The SMILES string of the molecule is c1ccc(-c2ccc(-c3cccc4c3oc3c(-c5c6ccccc6c(-c6ccccc6)c6ccccc56)cccc34)cc2)cc1. The molecule has 0 saturated carbocycles. The fraction of sp³-hybridized carbons (Fsp3) is 0. The van der Waals surface area contributed by atoms with Crippen LogP contribution in [-0.4, -0.2) is 0 Å². The maximum absolute atomic E-state index is 6.95. The Balaban J connectivity index is 1.30. The molecule has 210 valence electrons. The third-order valence-electron chi connectivity index (χ3n) is 9.09. The quantitative estimate of drug-likeness (QED) is 0.191. The van der Waals surface area contributed by atoms with E-state index in [4.69, 9.17) is 4.42 Å². The molecule has 9 rings (SSSR count). The topological polar surface area (TPSA) is 13.1 Å². The third-order valence-corrected chi connectivity index (χ3v) is 9.09. The Kier molecular flexibility index (Phi) is 5.89. The van der Waals surface area contributed by atoms with E-state index in [-0.39, 0.29) is 0 Å². The lowest BCUT2D eigenvalue weighted by molar-refractivity contribution is 0.671. The summed E-state index contributed by atoms with van der Waals surface area (Å²) in [6.07, 6.45) is 0. The van der Waals surface area contributed by atoms with E-state index in [2.05, 4.69) is 170 Å². The molecule has 0 amide bonds. The number of para-hydroxylation sites is 2. The van der Waals surface area contributed by atoms with Gasteiger partial charge < -0.3 is 4.42 Å². The van der Waals surface area contributed by atoms with Crippen molar-refractivity contribution in [1.82, 2.24) is 0 Å². The molecule has 0 atom stereocenters. The highest BCUT2D eigenvalue weighted by Crippen LogP contribution is 2.47. The van der Waals surface area contributed by atoms with E-state index in [9.17, 15) is 0 Å². The average molecular weight is 573 g/mol. The summed E-state index contributed by atoms with van der Waals surface area (Å²) in [4.78, 5) is 0. The minimum absolute atomic E-state index is 0.918. The van der Waals surface area contributed by atoms with Crippen molar-refractivity contribution >= 4 is 43.5 Å². The number of furan rings is 1. The van der Waals surface area contributed by atoms with Crippen LogP contribution >= 0.6 is 0 Å². The van der Waals surface area contributed by atoms with E-state index in [1.807, 2.05) is 0 Å². The van der Waals surface area contributed by atoms with E-state index in [0.29, 0.717) is 0 Å². The van der Waals surface area contributed by atoms with Crippen molar-refractivity contribution in [2.75, 3.05) is 0 Å². The molecule has 0 aliphatic rings. The molecule has 1 aromatic heterocycles. The van der Waals surface area contributed by atoms with Gasteiger partial charge in [-0.1, -0.05) is 170 Å². The molecule has 0 N–H and O–H groups in total. The highest BCUT2D eigenvalue weighted by Gasteiger charge is 2.21. The van der Waals surface area contributed by atoms with Crippen LogP contribution in [0.15, 0.2) is 174 Å². The largest absolute Gasteiger partial charge is 0.455 e. The minimum atomic E-state index is 0.918. The molecule has 8 aromatic carbocycles. The van der Waals surface area contributed by atoms with Crippen LogP contribution in [0, 0.1) is 0 Å². The zero-order chi connectivity index (χ0) is 29.7. The van der Waals surface area contributed by atoms with Gasteiger partial charge in [0.2, 0.25) is 0 Å². The zero-order valence-electron chi connectivity index (χ0n) is 24.6. The van der Waals surface area contributed by atoms with Gasteiger partial charge >= 0.3 is 0 Å². The van der Waals surface area contributed by atoms with Gasteiger partial charge in [-0.3, -0.25) is 0 Å². The van der Waals surface area contributed by atoms with Gasteiger partial charge in [0, 0.05) is 27.5 Å². The van der Waals surface area contributed by atoms with Crippen LogP contribution in [0.4, 0.5) is 0 Å². The first kappa shape index (κ1) is 25.6. The Morgan fingerprint density at radius 3 is 1.22 bits per heavy atom. The second-order valence-electron chi connectivity index (χ2n) is 11.6. The predicted octanol–water partition coefficient (Wildman–Crippen LogP) is 12.6. The first-order valence-electron chi connectivity index (χ1n) is 15.4. The van der Waals surface area contributed by atoms with Gasteiger partial charge in [-0.05, 0) is 49.4 Å². The molecule has 0 saturated heterocycles. The summed E-state index contributed by atoms with van der Waals surface area (Å²) < 4.78 is 6.95. The molecule has 9 aromatic rings. The molecule has 1 nitrogen and oxygen atoms in total. The zero-order valence-corrected chi connectivity index (χ0v) is 24.6. The van der Waals surface area contributed by atoms with Crippen molar-refractivity contribution in [2.24, 2.45) is 0 Å². The van der Waals surface area contributed by atoms with Crippen molar-refractivity contribution in [3.05, 3.63) is 170 Å². The summed E-state index contributed by atoms with van der Waals surface area (Å²) in [5, 5.41) is 7.19. The van der Waals surface area contributed by atoms with Gasteiger partial charge in [0.1, 0.15) is 11.2 Å². The molecule has 0 unspecified atom stereocenters. The highest BCUT2D eigenvalue weighted by atomic mass is 16.3. The summed E-state index contributed by atoms with van der Waals surface area (Å²) in [5.74, 6) is 0. The van der Waals surface area contributed by atoms with Crippen molar-refractivity contribution in [2.45, 2.75) is 0 Å². The summed E-state index contributed by atoms with van der Waals surface area (Å²) in [7, 11) is 0. The van der Waals surface area contributed by atoms with Crippen LogP contribution in [-0.2, 0) is 0 Å². The number of hydrogen-bond acceptors (Lipinski definition) is 1. The van der Waals surface area contributed by atoms with E-state index in [1.54, 1.807) is 0 Å². The van der Waals surface area contributed by atoms with Crippen LogP contribution in [0.1, 0.15) is 0 Å². The number of benzene rings is 8. The number of hydrogen-bond donors (Lipinski definition) is 0. The van der Waals surface area contributed by atoms with E-state index in [1.165, 1.54) is 49.4 Å². The van der Waals surface area contributed by atoms with Crippen molar-refractivity contribution < 1.29 is 4.42 Å². The standard InChI is InChI=1S/C44H28O/c1-3-13-29(14-4-1)30-25-27-31(28-26-30)33-21-11-22-38-39-23-12-24-40(44(39)45-43(33)38)42-36-19-9-7-17-34(36)41(32-15-5-2-6-16-32)35-18-8-10-20-37(35)42/h1-28H. The van der Waals surface area contributed by atoms with E-state index >= 15 is 0 Å². The summed E-state index contributed by atoms with van der Waals surface area (Å²) in [6.45, 7) is 0. The minimum Gasteiger partial charge on any atom is -0.455 e. The molecule has 0 fully saturated rings. The van der Waals surface area contributed by atoms with Gasteiger partial charge in [-0.25, -0.2) is 0 Å². The van der Waals surface area contributed by atoms with Gasteiger partial charge in [0.05, 0.1) is 0 Å². The first-order chi connectivity index (χ1) is 22.3. The van der Waals surface area contributed by atoms with Crippen molar-refractivity contribution in [3.63, 3.8) is 0 Å². The molecular formula is C44H28O. The summed E-state index contributed by atoms with van der Waals surface area (Å²) in [5.41, 5.74) is 11.3. The highest BCUT2D eigenvalue weighted by molar-refractivity contribution is 6.24. The van der Waals surface area contributed by atoms with Gasteiger partial charge in [0.25, 0.3) is 0 Å². The number of rotatable bonds is 4. The van der Waals surface area contributed by atoms with Gasteiger partial charge in [-0.15, -0.1) is 0 Å². The number of fused-ring (bicyclic) bond motifs is 5. The molecule has 0 aliphatic carbocycles. The Labute approximate surface area is 261 Å². The smallest absolute Gasteiger partial charge is 0.143 e. The summed E-state index contributed by atoms with van der Waals surface area (Å²) in [6, 6.07) is 60.7. The van der Waals surface area contributed by atoms with Crippen molar-refractivity contribution in [3.8, 4) is 44.5 Å². The molecule has 0 spiro atoms. The Hall–Kier alpha value is -5.92. The maximum atomic E-state index is 6.95. The molecule has 45 heavy (non-hydrogen) atoms. The third kappa shape index (κ3) is 4.09. The molecule has 0 bridgehead atoms. The second kappa shape index (κ2) is 10.4.